The first kappa shape index (κ1) is 14.1. The summed E-state index contributed by atoms with van der Waals surface area (Å²) in [5.74, 6) is 0. The van der Waals surface area contributed by atoms with Crippen molar-refractivity contribution in [3.8, 4) is 0 Å². The van der Waals surface area contributed by atoms with Crippen LogP contribution in [-0.4, -0.2) is 0 Å². The lowest BCUT2D eigenvalue weighted by molar-refractivity contribution is 0.545. The van der Waals surface area contributed by atoms with Crippen molar-refractivity contribution in [1.82, 2.24) is 0 Å². The predicted molar refractivity (Wildman–Crippen MR) is 91.6 cm³/mol. The van der Waals surface area contributed by atoms with Crippen molar-refractivity contribution in [1.29, 1.82) is 0 Å². The molecule has 0 bridgehead atoms. The Labute approximate surface area is 128 Å². The van der Waals surface area contributed by atoms with Crippen LogP contribution >= 0.6 is 0 Å². The number of rotatable bonds is 4. The van der Waals surface area contributed by atoms with E-state index >= 15 is 0 Å². The second-order valence-corrected chi connectivity index (χ2v) is 6.38. The summed E-state index contributed by atoms with van der Waals surface area (Å²) in [6.45, 7) is 6.95. The molecule has 0 spiro atoms. The Hall–Kier alpha value is -1.82. The van der Waals surface area contributed by atoms with E-state index in [9.17, 15) is 0 Å². The van der Waals surface area contributed by atoms with Gasteiger partial charge in [0, 0.05) is 5.41 Å². The van der Waals surface area contributed by atoms with Crippen molar-refractivity contribution in [2.45, 2.75) is 45.4 Å². The molecule has 1 atom stereocenters. The topological polar surface area (TPSA) is 0 Å². The van der Waals surface area contributed by atoms with Gasteiger partial charge in [-0.3, -0.25) is 0 Å². The molecular weight excluding hydrogens is 252 g/mol. The van der Waals surface area contributed by atoms with E-state index in [2.05, 4.69) is 75.4 Å². The minimum Gasteiger partial charge on any atom is -0.0754 e. The Balaban J connectivity index is 2.14. The van der Waals surface area contributed by atoms with E-state index in [4.69, 9.17) is 0 Å². The standard InChI is InChI=1S/C21H24/c1-4-15-21(3,19-12-8-5-9-16(19)2)20-14-13-17-10-6-7-11-18(17)20/h5-12,14H,4,13,15H2,1-3H3. The molecule has 21 heavy (non-hydrogen) atoms. The highest BCUT2D eigenvalue weighted by atomic mass is 14.4. The third-order valence-electron chi connectivity index (χ3n) is 4.92. The van der Waals surface area contributed by atoms with Gasteiger partial charge in [-0.15, -0.1) is 0 Å². The Morgan fingerprint density at radius 2 is 1.71 bits per heavy atom. The molecule has 1 aliphatic rings. The number of hydrogen-bond donors (Lipinski definition) is 0. The summed E-state index contributed by atoms with van der Waals surface area (Å²) in [6.07, 6.45) is 5.92. The van der Waals surface area contributed by atoms with E-state index in [1.165, 1.54) is 40.7 Å². The number of aryl methyl sites for hydroxylation is 1. The van der Waals surface area contributed by atoms with Crippen LogP contribution in [0.3, 0.4) is 0 Å². The molecule has 2 aromatic rings. The van der Waals surface area contributed by atoms with E-state index in [1.807, 2.05) is 0 Å². The van der Waals surface area contributed by atoms with Crippen LogP contribution in [-0.2, 0) is 11.8 Å². The molecule has 0 fully saturated rings. The zero-order valence-corrected chi connectivity index (χ0v) is 13.3. The molecule has 0 N–H and O–H groups in total. The van der Waals surface area contributed by atoms with E-state index in [1.54, 1.807) is 0 Å². The highest BCUT2D eigenvalue weighted by Gasteiger charge is 2.34. The molecule has 0 heteroatoms. The van der Waals surface area contributed by atoms with E-state index in [-0.39, 0.29) is 5.41 Å². The lowest BCUT2D eigenvalue weighted by Gasteiger charge is -2.34. The Bertz CT molecular complexity index is 678. The molecular formula is C21H24. The summed E-state index contributed by atoms with van der Waals surface area (Å²) in [5.41, 5.74) is 7.45. The van der Waals surface area contributed by atoms with Gasteiger partial charge in [-0.25, -0.2) is 0 Å². The average Bonchev–Trinajstić information content (AvgIpc) is 2.92. The maximum absolute atomic E-state index is 2.45. The summed E-state index contributed by atoms with van der Waals surface area (Å²) >= 11 is 0. The number of fused-ring (bicyclic) bond motifs is 1. The second-order valence-electron chi connectivity index (χ2n) is 6.38. The van der Waals surface area contributed by atoms with Gasteiger partial charge in [0.1, 0.15) is 0 Å². The number of benzene rings is 2. The first-order valence-electron chi connectivity index (χ1n) is 8.02. The molecule has 0 aromatic heterocycles. The maximum Gasteiger partial charge on any atom is 0.0180 e. The van der Waals surface area contributed by atoms with Crippen LogP contribution in [0.1, 0.15) is 48.9 Å². The van der Waals surface area contributed by atoms with Crippen LogP contribution in [0.5, 0.6) is 0 Å². The van der Waals surface area contributed by atoms with Gasteiger partial charge < -0.3 is 0 Å². The minimum absolute atomic E-state index is 0.118. The highest BCUT2D eigenvalue weighted by molar-refractivity contribution is 5.80. The number of allylic oxidation sites excluding steroid dienone is 2. The van der Waals surface area contributed by atoms with Gasteiger partial charge in [0.25, 0.3) is 0 Å². The molecule has 108 valence electrons. The number of hydrogen-bond acceptors (Lipinski definition) is 0. The molecule has 2 aromatic carbocycles. The fourth-order valence-corrected chi connectivity index (χ4v) is 3.91. The zero-order valence-electron chi connectivity index (χ0n) is 13.3. The molecule has 3 rings (SSSR count). The second kappa shape index (κ2) is 5.52. The predicted octanol–water partition coefficient (Wildman–Crippen LogP) is 5.69. The van der Waals surface area contributed by atoms with Crippen molar-refractivity contribution in [3.05, 3.63) is 76.9 Å². The SMILES string of the molecule is CCCC(C)(C1=CCc2ccccc21)c1ccccc1C. The third-order valence-corrected chi connectivity index (χ3v) is 4.92. The molecule has 1 unspecified atom stereocenters. The van der Waals surface area contributed by atoms with Crippen molar-refractivity contribution in [2.24, 2.45) is 0 Å². The summed E-state index contributed by atoms with van der Waals surface area (Å²) in [6, 6.07) is 17.8. The largest absolute Gasteiger partial charge is 0.0754 e. The molecule has 0 amide bonds. The molecule has 0 saturated heterocycles. The van der Waals surface area contributed by atoms with Crippen molar-refractivity contribution in [2.75, 3.05) is 0 Å². The van der Waals surface area contributed by atoms with E-state index in [0.29, 0.717) is 0 Å². The lowest BCUT2D eigenvalue weighted by atomic mass is 9.70. The smallest absolute Gasteiger partial charge is 0.0180 e. The van der Waals surface area contributed by atoms with Crippen molar-refractivity contribution in [3.63, 3.8) is 0 Å². The Morgan fingerprint density at radius 1 is 1.00 bits per heavy atom. The Morgan fingerprint density at radius 3 is 2.48 bits per heavy atom. The summed E-state index contributed by atoms with van der Waals surface area (Å²) in [4.78, 5) is 0. The Kier molecular flexibility index (Phi) is 3.71. The highest BCUT2D eigenvalue weighted by Crippen LogP contribution is 2.46. The molecule has 0 radical (unpaired) electrons. The molecule has 0 heterocycles. The van der Waals surface area contributed by atoms with Crippen LogP contribution in [0.15, 0.2) is 54.6 Å². The zero-order chi connectivity index (χ0) is 14.9. The van der Waals surface area contributed by atoms with E-state index < -0.39 is 0 Å². The van der Waals surface area contributed by atoms with Crippen LogP contribution in [0.25, 0.3) is 5.57 Å². The normalized spacial score (nSPS) is 16.2. The van der Waals surface area contributed by atoms with Crippen molar-refractivity contribution >= 4 is 5.57 Å². The fraction of sp³-hybridized carbons (Fsp3) is 0.333. The van der Waals surface area contributed by atoms with Crippen LogP contribution < -0.4 is 0 Å². The average molecular weight is 276 g/mol. The van der Waals surface area contributed by atoms with Crippen LogP contribution in [0.4, 0.5) is 0 Å². The van der Waals surface area contributed by atoms with Gasteiger partial charge >= 0.3 is 0 Å². The first-order chi connectivity index (χ1) is 10.2. The summed E-state index contributed by atoms with van der Waals surface area (Å²) in [5, 5.41) is 0. The van der Waals surface area contributed by atoms with Crippen LogP contribution in [0.2, 0.25) is 0 Å². The molecule has 0 aliphatic heterocycles. The van der Waals surface area contributed by atoms with Gasteiger partial charge in [0.15, 0.2) is 0 Å². The van der Waals surface area contributed by atoms with Crippen molar-refractivity contribution < 1.29 is 0 Å². The van der Waals surface area contributed by atoms with Gasteiger partial charge in [-0.05, 0) is 47.6 Å². The lowest BCUT2D eigenvalue weighted by Crippen LogP contribution is -2.24. The first-order valence-corrected chi connectivity index (χ1v) is 8.02. The van der Waals surface area contributed by atoms with Gasteiger partial charge in [-0.2, -0.15) is 0 Å². The molecule has 0 nitrogen and oxygen atoms in total. The van der Waals surface area contributed by atoms with Crippen LogP contribution in [0, 0.1) is 6.92 Å². The third kappa shape index (κ3) is 2.33. The minimum atomic E-state index is 0.118. The summed E-state index contributed by atoms with van der Waals surface area (Å²) < 4.78 is 0. The quantitative estimate of drug-likeness (QED) is 0.672. The summed E-state index contributed by atoms with van der Waals surface area (Å²) in [7, 11) is 0. The molecule has 0 saturated carbocycles. The maximum atomic E-state index is 2.45. The monoisotopic (exact) mass is 276 g/mol. The van der Waals surface area contributed by atoms with E-state index in [0.717, 1.165) is 6.42 Å². The fourth-order valence-electron chi connectivity index (χ4n) is 3.91. The van der Waals surface area contributed by atoms with Gasteiger partial charge in [-0.1, -0.05) is 74.9 Å². The van der Waals surface area contributed by atoms with Gasteiger partial charge in [0.05, 0.1) is 0 Å². The molecule has 1 aliphatic carbocycles. The van der Waals surface area contributed by atoms with Gasteiger partial charge in [0.2, 0.25) is 0 Å².